The molecule has 0 bridgehead atoms. The van der Waals surface area contributed by atoms with Gasteiger partial charge in [0, 0.05) is 22.8 Å². The van der Waals surface area contributed by atoms with E-state index < -0.39 is 30.4 Å². The van der Waals surface area contributed by atoms with Crippen molar-refractivity contribution in [3.63, 3.8) is 0 Å². The minimum absolute atomic E-state index is 0.0691. The minimum atomic E-state index is -1.00. The summed E-state index contributed by atoms with van der Waals surface area (Å²) in [4.78, 5) is 49.6. The highest BCUT2D eigenvalue weighted by atomic mass is 16.4. The molecule has 2 heterocycles. The van der Waals surface area contributed by atoms with Crippen LogP contribution < -0.4 is 10.6 Å². The predicted octanol–water partition coefficient (Wildman–Crippen LogP) is 3.63. The van der Waals surface area contributed by atoms with Gasteiger partial charge in [0.1, 0.15) is 12.2 Å². The molecule has 2 aromatic carbocycles. The second-order valence-corrected chi connectivity index (χ2v) is 8.31. The summed E-state index contributed by atoms with van der Waals surface area (Å²) in [6, 6.07) is 14.8. The van der Waals surface area contributed by atoms with Gasteiger partial charge in [-0.25, -0.2) is 14.5 Å². The van der Waals surface area contributed by atoms with Crippen molar-refractivity contribution in [2.75, 3.05) is 11.9 Å². The van der Waals surface area contributed by atoms with Crippen molar-refractivity contribution in [1.82, 2.24) is 14.8 Å². The van der Waals surface area contributed by atoms with Crippen molar-refractivity contribution in [3.05, 3.63) is 88.4 Å². The quantitative estimate of drug-likeness (QED) is 0.374. The zero-order chi connectivity index (χ0) is 25.3. The summed E-state index contributed by atoms with van der Waals surface area (Å²) in [6.45, 7) is 5.26. The van der Waals surface area contributed by atoms with E-state index >= 15 is 0 Å². The first-order valence-electron chi connectivity index (χ1n) is 10.9. The fraction of sp³-hybridized carbons (Fsp3) is 0.154. The number of hydrogen-bond acceptors (Lipinski definition) is 4. The van der Waals surface area contributed by atoms with E-state index in [2.05, 4.69) is 10.6 Å². The first-order chi connectivity index (χ1) is 16.6. The van der Waals surface area contributed by atoms with E-state index in [0.29, 0.717) is 11.3 Å². The molecule has 1 aliphatic rings. The molecule has 0 atom stereocenters. The van der Waals surface area contributed by atoms with Crippen LogP contribution in [0.1, 0.15) is 32.9 Å². The molecule has 0 saturated carbocycles. The van der Waals surface area contributed by atoms with Crippen LogP contribution in [0.25, 0.3) is 11.8 Å². The maximum atomic E-state index is 12.9. The number of carbonyl (C=O) groups excluding carboxylic acids is 3. The number of carboxylic acid groups (broad SMARTS) is 1. The minimum Gasteiger partial charge on any atom is -0.478 e. The molecule has 1 fully saturated rings. The monoisotopic (exact) mass is 472 g/mol. The van der Waals surface area contributed by atoms with Crippen molar-refractivity contribution in [2.45, 2.75) is 20.8 Å². The molecule has 0 aliphatic carbocycles. The van der Waals surface area contributed by atoms with Gasteiger partial charge in [-0.15, -0.1) is 0 Å². The van der Waals surface area contributed by atoms with Gasteiger partial charge in [-0.05, 0) is 74.9 Å². The highest BCUT2D eigenvalue weighted by Crippen LogP contribution is 2.24. The molecule has 4 rings (SSSR count). The molecule has 3 N–H and O–H groups in total. The number of anilines is 1. The number of imide groups is 1. The van der Waals surface area contributed by atoms with Gasteiger partial charge < -0.3 is 20.3 Å². The van der Waals surface area contributed by atoms with Crippen LogP contribution >= 0.6 is 0 Å². The molecule has 35 heavy (non-hydrogen) atoms. The van der Waals surface area contributed by atoms with Crippen molar-refractivity contribution < 1.29 is 24.3 Å². The topological polar surface area (TPSA) is 121 Å². The Balaban J connectivity index is 1.52. The summed E-state index contributed by atoms with van der Waals surface area (Å²) in [6.07, 6.45) is 1.57. The number of carbonyl (C=O) groups is 4. The molecule has 9 nitrogen and oxygen atoms in total. The molecule has 3 aromatic rings. The fourth-order valence-corrected chi connectivity index (χ4v) is 3.94. The maximum absolute atomic E-state index is 12.9. The highest BCUT2D eigenvalue weighted by Gasteiger charge is 2.35. The van der Waals surface area contributed by atoms with Gasteiger partial charge in [-0.1, -0.05) is 17.7 Å². The van der Waals surface area contributed by atoms with Crippen LogP contribution in [0.5, 0.6) is 0 Å². The normalized spacial score (nSPS) is 14.4. The Kier molecular flexibility index (Phi) is 6.24. The number of nitrogens with zero attached hydrogens (tertiary/aromatic N) is 2. The molecule has 0 radical (unpaired) electrons. The first-order valence-corrected chi connectivity index (χ1v) is 10.9. The van der Waals surface area contributed by atoms with Crippen molar-refractivity contribution in [1.29, 1.82) is 0 Å². The van der Waals surface area contributed by atoms with Crippen molar-refractivity contribution >= 4 is 35.6 Å². The summed E-state index contributed by atoms with van der Waals surface area (Å²) in [5.41, 5.74) is 5.02. The SMILES string of the molecule is Cc1ccc(NC(=O)CN2C(=O)N/C(=C\c3cc(C)n(-c4ccc(C(=O)O)cc4)c3C)C2=O)cc1. The third-order valence-corrected chi connectivity index (χ3v) is 5.74. The van der Waals surface area contributed by atoms with Crippen LogP contribution in [0.4, 0.5) is 10.5 Å². The predicted molar refractivity (Wildman–Crippen MR) is 130 cm³/mol. The van der Waals surface area contributed by atoms with E-state index in [9.17, 15) is 19.2 Å². The number of nitrogens with one attached hydrogen (secondary N) is 2. The molecule has 4 amide bonds. The lowest BCUT2D eigenvalue weighted by atomic mass is 10.2. The van der Waals surface area contributed by atoms with Crippen LogP contribution in [-0.2, 0) is 9.59 Å². The van der Waals surface area contributed by atoms with Crippen LogP contribution in [0.3, 0.4) is 0 Å². The molecular formula is C26H24N4O5. The number of benzene rings is 2. The second kappa shape index (κ2) is 9.30. The Morgan fingerprint density at radius 3 is 2.29 bits per heavy atom. The molecule has 1 saturated heterocycles. The van der Waals surface area contributed by atoms with Crippen LogP contribution in [0, 0.1) is 20.8 Å². The summed E-state index contributed by atoms with van der Waals surface area (Å²) in [7, 11) is 0. The zero-order valence-electron chi connectivity index (χ0n) is 19.5. The Labute approximate surface area is 201 Å². The molecule has 0 spiro atoms. The number of carboxylic acids is 1. The van der Waals surface area contributed by atoms with E-state index in [4.69, 9.17) is 5.11 Å². The molecule has 0 unspecified atom stereocenters. The van der Waals surface area contributed by atoms with Gasteiger partial charge in [0.2, 0.25) is 5.91 Å². The lowest BCUT2D eigenvalue weighted by Gasteiger charge is -2.12. The second-order valence-electron chi connectivity index (χ2n) is 8.31. The van der Waals surface area contributed by atoms with Gasteiger partial charge in [0.15, 0.2) is 0 Å². The van der Waals surface area contributed by atoms with Gasteiger partial charge in [-0.2, -0.15) is 0 Å². The molecule has 9 heteroatoms. The average molecular weight is 473 g/mol. The van der Waals surface area contributed by atoms with E-state index in [1.165, 1.54) is 12.1 Å². The zero-order valence-corrected chi connectivity index (χ0v) is 19.5. The van der Waals surface area contributed by atoms with E-state index in [1.54, 1.807) is 30.3 Å². The summed E-state index contributed by atoms with van der Waals surface area (Å²) < 4.78 is 1.92. The summed E-state index contributed by atoms with van der Waals surface area (Å²) >= 11 is 0. The number of amides is 4. The third kappa shape index (κ3) is 4.84. The van der Waals surface area contributed by atoms with E-state index in [0.717, 1.165) is 27.5 Å². The van der Waals surface area contributed by atoms with Crippen LogP contribution in [0.2, 0.25) is 0 Å². The molecule has 1 aliphatic heterocycles. The van der Waals surface area contributed by atoms with Crippen LogP contribution in [0.15, 0.2) is 60.3 Å². The molecule has 1 aromatic heterocycles. The van der Waals surface area contributed by atoms with Gasteiger partial charge in [0.05, 0.1) is 5.56 Å². The smallest absolute Gasteiger partial charge is 0.335 e. The number of rotatable bonds is 6. The number of urea groups is 1. The number of aryl methyl sites for hydroxylation is 2. The fourth-order valence-electron chi connectivity index (χ4n) is 3.94. The van der Waals surface area contributed by atoms with E-state index in [1.807, 2.05) is 43.5 Å². The Morgan fingerprint density at radius 1 is 1.00 bits per heavy atom. The number of aromatic carboxylic acids is 1. The largest absolute Gasteiger partial charge is 0.478 e. The van der Waals surface area contributed by atoms with Crippen molar-refractivity contribution in [3.8, 4) is 5.69 Å². The highest BCUT2D eigenvalue weighted by molar-refractivity contribution is 6.16. The maximum Gasteiger partial charge on any atom is 0.335 e. The number of hydrogen-bond donors (Lipinski definition) is 3. The lowest BCUT2D eigenvalue weighted by molar-refractivity contribution is -0.127. The standard InChI is InChI=1S/C26H24N4O5/c1-15-4-8-20(9-5-15)27-23(31)14-29-24(32)22(28-26(29)35)13-19-12-16(2)30(17(19)3)21-10-6-18(7-11-21)25(33)34/h4-13H,14H2,1-3H3,(H,27,31)(H,28,35)(H,33,34)/b22-13-. The lowest BCUT2D eigenvalue weighted by Crippen LogP contribution is -2.38. The Morgan fingerprint density at radius 2 is 1.66 bits per heavy atom. The van der Waals surface area contributed by atoms with Gasteiger partial charge in [0.25, 0.3) is 5.91 Å². The summed E-state index contributed by atoms with van der Waals surface area (Å²) in [5.74, 6) is -2.08. The van der Waals surface area contributed by atoms with Crippen molar-refractivity contribution in [2.24, 2.45) is 0 Å². The average Bonchev–Trinajstić information content (AvgIpc) is 3.24. The van der Waals surface area contributed by atoms with Gasteiger partial charge in [-0.3, -0.25) is 9.59 Å². The third-order valence-electron chi connectivity index (χ3n) is 5.74. The Bertz CT molecular complexity index is 1370. The number of aromatic nitrogens is 1. The summed E-state index contributed by atoms with van der Waals surface area (Å²) in [5, 5.41) is 14.3. The van der Waals surface area contributed by atoms with E-state index in [-0.39, 0.29) is 11.3 Å². The van der Waals surface area contributed by atoms with Gasteiger partial charge >= 0.3 is 12.0 Å². The Hall–Kier alpha value is -4.66. The van der Waals surface area contributed by atoms with Crippen LogP contribution in [-0.4, -0.2) is 44.9 Å². The molecular weight excluding hydrogens is 448 g/mol. The first kappa shape index (κ1) is 23.5. The molecule has 178 valence electrons.